The van der Waals surface area contributed by atoms with Gasteiger partial charge in [0.05, 0.1) is 11.2 Å². The van der Waals surface area contributed by atoms with Crippen molar-refractivity contribution in [1.82, 2.24) is 0 Å². The minimum Gasteiger partial charge on any atom is -0.400 e. The summed E-state index contributed by atoms with van der Waals surface area (Å²) in [5.74, 6) is 0. The van der Waals surface area contributed by atoms with E-state index in [1.165, 1.54) is 18.3 Å². The lowest BCUT2D eigenvalue weighted by Gasteiger charge is -2.32. The van der Waals surface area contributed by atoms with Crippen LogP contribution in [0.1, 0.15) is 60.8 Å². The lowest BCUT2D eigenvalue weighted by molar-refractivity contribution is 0.00578. The molecular formula is C15H27BO2. The zero-order chi connectivity index (χ0) is 13.8. The van der Waals surface area contributed by atoms with Crippen molar-refractivity contribution in [3.05, 3.63) is 23.7 Å². The van der Waals surface area contributed by atoms with Crippen LogP contribution in [-0.4, -0.2) is 18.3 Å². The van der Waals surface area contributed by atoms with E-state index in [1.54, 1.807) is 0 Å². The Bertz CT molecular complexity index is 313. The molecule has 3 heteroatoms. The molecule has 0 unspecified atom stereocenters. The van der Waals surface area contributed by atoms with E-state index in [4.69, 9.17) is 9.31 Å². The van der Waals surface area contributed by atoms with Gasteiger partial charge in [0.25, 0.3) is 0 Å². The Balaban J connectivity index is 2.83. The molecule has 1 rings (SSSR count). The van der Waals surface area contributed by atoms with E-state index in [0.29, 0.717) is 0 Å². The first-order valence-corrected chi connectivity index (χ1v) is 7.01. The second-order valence-corrected chi connectivity index (χ2v) is 5.96. The summed E-state index contributed by atoms with van der Waals surface area (Å²) in [6, 6.07) is 0. The molecule has 1 aliphatic rings. The van der Waals surface area contributed by atoms with Crippen LogP contribution in [0.25, 0.3) is 0 Å². The number of hydrogen-bond acceptors (Lipinski definition) is 2. The molecule has 1 saturated heterocycles. The monoisotopic (exact) mass is 250 g/mol. The Morgan fingerprint density at radius 1 is 1.11 bits per heavy atom. The summed E-state index contributed by atoms with van der Waals surface area (Å²) in [4.78, 5) is 0. The third-order valence-corrected chi connectivity index (χ3v) is 3.88. The SMILES string of the molecule is C/C=C/C=C(/CCCC)B1OC(C)(C)C(C)(C)O1. The number of allylic oxidation sites excluding steroid dienone is 4. The van der Waals surface area contributed by atoms with Gasteiger partial charge in [0, 0.05) is 0 Å². The van der Waals surface area contributed by atoms with E-state index < -0.39 is 0 Å². The van der Waals surface area contributed by atoms with Crippen LogP contribution >= 0.6 is 0 Å². The first kappa shape index (κ1) is 15.5. The van der Waals surface area contributed by atoms with Crippen LogP contribution < -0.4 is 0 Å². The molecule has 0 aromatic carbocycles. The molecule has 0 aromatic heterocycles. The molecule has 1 fully saturated rings. The lowest BCUT2D eigenvalue weighted by atomic mass is 9.75. The van der Waals surface area contributed by atoms with Crippen molar-refractivity contribution in [2.24, 2.45) is 0 Å². The second-order valence-electron chi connectivity index (χ2n) is 5.96. The maximum Gasteiger partial charge on any atom is 0.490 e. The molecule has 0 spiro atoms. The quantitative estimate of drug-likeness (QED) is 0.534. The molecule has 102 valence electrons. The van der Waals surface area contributed by atoms with E-state index in [1.807, 2.05) is 13.0 Å². The Hall–Kier alpha value is -0.535. The fraction of sp³-hybridized carbons (Fsp3) is 0.733. The van der Waals surface area contributed by atoms with Crippen molar-refractivity contribution < 1.29 is 9.31 Å². The Kier molecular flexibility index (Phi) is 5.24. The van der Waals surface area contributed by atoms with Crippen molar-refractivity contribution in [3.63, 3.8) is 0 Å². The van der Waals surface area contributed by atoms with Crippen molar-refractivity contribution in [3.8, 4) is 0 Å². The summed E-state index contributed by atoms with van der Waals surface area (Å²) in [5, 5.41) is 0. The standard InChI is InChI=1S/C15H27BO2/c1-7-9-11-13(12-10-8-2)16-17-14(3,4)15(5,6)18-16/h7,9,11H,8,10,12H2,1-6H3/b9-7+,13-11-. The molecule has 0 amide bonds. The maximum absolute atomic E-state index is 6.10. The van der Waals surface area contributed by atoms with Crippen LogP contribution in [0.2, 0.25) is 0 Å². The van der Waals surface area contributed by atoms with Crippen molar-refractivity contribution in [1.29, 1.82) is 0 Å². The van der Waals surface area contributed by atoms with Gasteiger partial charge in [-0.25, -0.2) is 0 Å². The minimum atomic E-state index is -0.251. The topological polar surface area (TPSA) is 18.5 Å². The maximum atomic E-state index is 6.10. The van der Waals surface area contributed by atoms with Crippen LogP contribution in [0, 0.1) is 0 Å². The Labute approximate surface area is 113 Å². The van der Waals surface area contributed by atoms with Crippen LogP contribution in [0.5, 0.6) is 0 Å². The summed E-state index contributed by atoms with van der Waals surface area (Å²) in [6.07, 6.45) is 9.64. The first-order valence-electron chi connectivity index (χ1n) is 7.01. The molecule has 18 heavy (non-hydrogen) atoms. The molecule has 0 aromatic rings. The third-order valence-electron chi connectivity index (χ3n) is 3.88. The fourth-order valence-corrected chi connectivity index (χ4v) is 1.87. The van der Waals surface area contributed by atoms with E-state index in [0.717, 1.165) is 6.42 Å². The number of rotatable bonds is 5. The van der Waals surface area contributed by atoms with Gasteiger partial charge in [-0.3, -0.25) is 0 Å². The molecular weight excluding hydrogens is 223 g/mol. The summed E-state index contributed by atoms with van der Waals surface area (Å²) in [5.41, 5.74) is 0.742. The molecule has 1 aliphatic heterocycles. The van der Waals surface area contributed by atoms with E-state index >= 15 is 0 Å². The zero-order valence-electron chi connectivity index (χ0n) is 12.7. The highest BCUT2D eigenvalue weighted by Crippen LogP contribution is 2.39. The van der Waals surface area contributed by atoms with Gasteiger partial charge in [-0.05, 0) is 46.5 Å². The van der Waals surface area contributed by atoms with Gasteiger partial charge in [-0.1, -0.05) is 38.0 Å². The zero-order valence-corrected chi connectivity index (χ0v) is 12.7. The second kappa shape index (κ2) is 6.07. The molecule has 0 bridgehead atoms. The Morgan fingerprint density at radius 2 is 1.67 bits per heavy atom. The van der Waals surface area contributed by atoms with Gasteiger partial charge in [0.15, 0.2) is 0 Å². The first-order chi connectivity index (χ1) is 8.34. The van der Waals surface area contributed by atoms with Gasteiger partial charge < -0.3 is 9.31 Å². The van der Waals surface area contributed by atoms with E-state index in [2.05, 4.69) is 46.8 Å². The molecule has 0 radical (unpaired) electrons. The largest absolute Gasteiger partial charge is 0.490 e. The highest BCUT2D eigenvalue weighted by Gasteiger charge is 2.51. The molecule has 2 nitrogen and oxygen atoms in total. The molecule has 0 atom stereocenters. The predicted molar refractivity (Wildman–Crippen MR) is 78.5 cm³/mol. The summed E-state index contributed by atoms with van der Waals surface area (Å²) >= 11 is 0. The van der Waals surface area contributed by atoms with Crippen LogP contribution in [-0.2, 0) is 9.31 Å². The van der Waals surface area contributed by atoms with Crippen molar-refractivity contribution in [2.75, 3.05) is 0 Å². The third kappa shape index (κ3) is 3.49. The molecule has 0 N–H and O–H groups in total. The van der Waals surface area contributed by atoms with Gasteiger partial charge in [0.1, 0.15) is 0 Å². The number of hydrogen-bond donors (Lipinski definition) is 0. The van der Waals surface area contributed by atoms with E-state index in [9.17, 15) is 0 Å². The average Bonchev–Trinajstić information content (AvgIpc) is 2.48. The Morgan fingerprint density at radius 3 is 2.11 bits per heavy atom. The molecule has 0 aliphatic carbocycles. The summed E-state index contributed by atoms with van der Waals surface area (Å²) < 4.78 is 12.2. The van der Waals surface area contributed by atoms with Crippen LogP contribution in [0.15, 0.2) is 23.7 Å². The van der Waals surface area contributed by atoms with Gasteiger partial charge in [-0.15, -0.1) is 0 Å². The average molecular weight is 250 g/mol. The lowest BCUT2D eigenvalue weighted by Crippen LogP contribution is -2.41. The number of unbranched alkanes of at least 4 members (excludes halogenated alkanes) is 1. The fourth-order valence-electron chi connectivity index (χ4n) is 1.87. The smallest absolute Gasteiger partial charge is 0.400 e. The minimum absolute atomic E-state index is 0.197. The van der Waals surface area contributed by atoms with Crippen molar-refractivity contribution in [2.45, 2.75) is 72.0 Å². The van der Waals surface area contributed by atoms with Gasteiger partial charge >= 0.3 is 7.12 Å². The highest BCUT2D eigenvalue weighted by molar-refractivity contribution is 6.54. The molecule has 1 heterocycles. The molecule has 0 saturated carbocycles. The summed E-state index contributed by atoms with van der Waals surface area (Å²) in [6.45, 7) is 12.6. The van der Waals surface area contributed by atoms with Gasteiger partial charge in [0.2, 0.25) is 0 Å². The van der Waals surface area contributed by atoms with Crippen molar-refractivity contribution >= 4 is 7.12 Å². The van der Waals surface area contributed by atoms with E-state index in [-0.39, 0.29) is 18.3 Å². The summed E-state index contributed by atoms with van der Waals surface area (Å²) in [7, 11) is -0.197. The van der Waals surface area contributed by atoms with Crippen LogP contribution in [0.4, 0.5) is 0 Å². The van der Waals surface area contributed by atoms with Crippen LogP contribution in [0.3, 0.4) is 0 Å². The van der Waals surface area contributed by atoms with Gasteiger partial charge in [-0.2, -0.15) is 0 Å². The highest BCUT2D eigenvalue weighted by atomic mass is 16.7. The predicted octanol–water partition coefficient (Wildman–Crippen LogP) is 4.31. The normalized spacial score (nSPS) is 23.0.